The molecule has 7 heteroatoms. The van der Waals surface area contributed by atoms with E-state index in [2.05, 4.69) is 5.32 Å². The maximum atomic E-state index is 13.5. The fraction of sp³-hybridized carbons (Fsp3) is 0.538. The first-order valence-electron chi connectivity index (χ1n) is 6.49. The second-order valence-electron chi connectivity index (χ2n) is 4.82. The quantitative estimate of drug-likeness (QED) is 0.917. The van der Waals surface area contributed by atoms with E-state index in [1.807, 2.05) is 6.92 Å². The summed E-state index contributed by atoms with van der Waals surface area (Å²) >= 11 is 1.74. The van der Waals surface area contributed by atoms with Crippen LogP contribution in [-0.2, 0) is 16.6 Å². The normalized spacial score (nSPS) is 21.1. The van der Waals surface area contributed by atoms with Gasteiger partial charge in [0.05, 0.1) is 4.90 Å². The fourth-order valence-electron chi connectivity index (χ4n) is 2.30. The maximum Gasteiger partial charge on any atom is 0.243 e. The Balaban J connectivity index is 2.44. The van der Waals surface area contributed by atoms with Gasteiger partial charge < -0.3 is 5.32 Å². The number of nitrogens with zero attached hydrogens (tertiary/aromatic N) is 1. The van der Waals surface area contributed by atoms with E-state index in [-0.39, 0.29) is 10.9 Å². The second-order valence-corrected chi connectivity index (χ2v) is 7.83. The average molecular weight is 318 g/mol. The van der Waals surface area contributed by atoms with Crippen LogP contribution in [-0.4, -0.2) is 43.9 Å². The van der Waals surface area contributed by atoms with Crippen molar-refractivity contribution in [3.05, 3.63) is 29.6 Å². The summed E-state index contributed by atoms with van der Waals surface area (Å²) in [6, 6.07) is 3.88. The first kappa shape index (κ1) is 15.8. The van der Waals surface area contributed by atoms with E-state index in [0.717, 1.165) is 17.6 Å². The van der Waals surface area contributed by atoms with Gasteiger partial charge in [-0.15, -0.1) is 0 Å². The Labute approximate surface area is 123 Å². The number of rotatable bonds is 4. The number of hydrogen-bond donors (Lipinski definition) is 1. The molecule has 0 amide bonds. The molecule has 0 aromatic heterocycles. The lowest BCUT2D eigenvalue weighted by molar-refractivity contribution is 0.367. The molecule has 20 heavy (non-hydrogen) atoms. The summed E-state index contributed by atoms with van der Waals surface area (Å²) in [5.41, 5.74) is 0.597. The summed E-state index contributed by atoms with van der Waals surface area (Å²) in [7, 11) is -1.91. The summed E-state index contributed by atoms with van der Waals surface area (Å²) in [6.07, 6.45) is 0. The van der Waals surface area contributed by atoms with Crippen LogP contribution < -0.4 is 5.32 Å². The first-order valence-corrected chi connectivity index (χ1v) is 9.09. The van der Waals surface area contributed by atoms with Crippen molar-refractivity contribution in [1.29, 1.82) is 0 Å². The van der Waals surface area contributed by atoms with E-state index in [0.29, 0.717) is 18.7 Å². The summed E-state index contributed by atoms with van der Waals surface area (Å²) in [6.45, 7) is 2.76. The highest BCUT2D eigenvalue weighted by Gasteiger charge is 2.32. The molecular formula is C13H19FN2O2S2. The number of thioether (sulfide) groups is 1. The van der Waals surface area contributed by atoms with Gasteiger partial charge in [0.25, 0.3) is 0 Å². The van der Waals surface area contributed by atoms with E-state index in [1.165, 1.54) is 16.4 Å². The Morgan fingerprint density at radius 3 is 2.90 bits per heavy atom. The molecule has 1 heterocycles. The largest absolute Gasteiger partial charge is 0.316 e. The van der Waals surface area contributed by atoms with Gasteiger partial charge in [0.2, 0.25) is 10.0 Å². The SMILES string of the molecule is CNCc1ccc(F)cc1S(=O)(=O)N1CCSCC1C. The van der Waals surface area contributed by atoms with Gasteiger partial charge in [0, 0.05) is 30.6 Å². The summed E-state index contributed by atoms with van der Waals surface area (Å²) in [5, 5.41) is 2.92. The van der Waals surface area contributed by atoms with Crippen LogP contribution in [0.4, 0.5) is 4.39 Å². The molecule has 4 nitrogen and oxygen atoms in total. The van der Waals surface area contributed by atoms with Gasteiger partial charge in [-0.1, -0.05) is 6.07 Å². The molecule has 1 aliphatic heterocycles. The number of nitrogens with one attached hydrogen (secondary N) is 1. The predicted octanol–water partition coefficient (Wildman–Crippen LogP) is 1.67. The predicted molar refractivity (Wildman–Crippen MR) is 79.8 cm³/mol. The molecule has 1 unspecified atom stereocenters. The average Bonchev–Trinajstić information content (AvgIpc) is 2.41. The molecule has 1 atom stereocenters. The molecule has 1 fully saturated rings. The van der Waals surface area contributed by atoms with Crippen molar-refractivity contribution >= 4 is 21.8 Å². The summed E-state index contributed by atoms with van der Waals surface area (Å²) in [5.74, 6) is 1.03. The number of sulfonamides is 1. The summed E-state index contributed by atoms with van der Waals surface area (Å²) in [4.78, 5) is 0.0746. The smallest absolute Gasteiger partial charge is 0.243 e. The molecule has 0 bridgehead atoms. The zero-order valence-corrected chi connectivity index (χ0v) is 13.2. The molecule has 1 saturated heterocycles. The molecule has 0 saturated carbocycles. The van der Waals surface area contributed by atoms with Crippen LogP contribution in [0, 0.1) is 5.82 Å². The zero-order valence-electron chi connectivity index (χ0n) is 11.6. The number of benzene rings is 1. The zero-order chi connectivity index (χ0) is 14.8. The van der Waals surface area contributed by atoms with Crippen molar-refractivity contribution < 1.29 is 12.8 Å². The minimum absolute atomic E-state index is 0.0653. The Morgan fingerprint density at radius 1 is 1.50 bits per heavy atom. The van der Waals surface area contributed by atoms with Crippen LogP contribution in [0.3, 0.4) is 0 Å². The van der Waals surface area contributed by atoms with Crippen LogP contribution in [0.15, 0.2) is 23.1 Å². The van der Waals surface area contributed by atoms with Gasteiger partial charge >= 0.3 is 0 Å². The molecule has 0 radical (unpaired) electrons. The van der Waals surface area contributed by atoms with Gasteiger partial charge in [-0.25, -0.2) is 12.8 Å². The van der Waals surface area contributed by atoms with Crippen molar-refractivity contribution in [2.24, 2.45) is 0 Å². The van der Waals surface area contributed by atoms with Gasteiger partial charge in [0.15, 0.2) is 0 Å². The van der Waals surface area contributed by atoms with Gasteiger partial charge in [-0.05, 0) is 31.7 Å². The van der Waals surface area contributed by atoms with Crippen LogP contribution in [0.2, 0.25) is 0 Å². The Bertz CT molecular complexity index is 578. The fourth-order valence-corrected chi connectivity index (χ4v) is 5.39. The van der Waals surface area contributed by atoms with Crippen molar-refractivity contribution in [3.63, 3.8) is 0 Å². The second kappa shape index (κ2) is 6.43. The van der Waals surface area contributed by atoms with E-state index < -0.39 is 15.8 Å². The van der Waals surface area contributed by atoms with E-state index in [9.17, 15) is 12.8 Å². The Kier molecular flexibility index (Phi) is 5.06. The minimum atomic E-state index is -3.65. The molecule has 2 rings (SSSR count). The van der Waals surface area contributed by atoms with Crippen LogP contribution in [0.1, 0.15) is 12.5 Å². The molecule has 1 N–H and O–H groups in total. The highest BCUT2D eigenvalue weighted by molar-refractivity contribution is 7.99. The van der Waals surface area contributed by atoms with Crippen molar-refractivity contribution in [2.75, 3.05) is 25.1 Å². The third-order valence-electron chi connectivity index (χ3n) is 3.29. The first-order chi connectivity index (χ1) is 9.46. The van der Waals surface area contributed by atoms with Crippen molar-refractivity contribution in [2.45, 2.75) is 24.4 Å². The molecule has 1 aromatic carbocycles. The lowest BCUT2D eigenvalue weighted by Crippen LogP contribution is -2.44. The monoisotopic (exact) mass is 318 g/mol. The Hall–Kier alpha value is -0.630. The maximum absolute atomic E-state index is 13.5. The third kappa shape index (κ3) is 3.16. The topological polar surface area (TPSA) is 49.4 Å². The highest BCUT2D eigenvalue weighted by Crippen LogP contribution is 2.27. The standard InChI is InChI=1S/C13H19FN2O2S2/c1-10-9-19-6-5-16(10)20(17,18)13-7-12(14)4-3-11(13)8-15-2/h3-4,7,10,15H,5-6,8-9H2,1-2H3. The van der Waals surface area contributed by atoms with Crippen molar-refractivity contribution in [1.82, 2.24) is 9.62 Å². The molecule has 112 valence electrons. The van der Waals surface area contributed by atoms with E-state index >= 15 is 0 Å². The molecule has 0 aliphatic carbocycles. The van der Waals surface area contributed by atoms with Crippen molar-refractivity contribution in [3.8, 4) is 0 Å². The number of hydrogen-bond acceptors (Lipinski definition) is 4. The minimum Gasteiger partial charge on any atom is -0.316 e. The van der Waals surface area contributed by atoms with Crippen LogP contribution >= 0.6 is 11.8 Å². The van der Waals surface area contributed by atoms with Gasteiger partial charge in [-0.2, -0.15) is 16.1 Å². The lowest BCUT2D eigenvalue weighted by Gasteiger charge is -2.32. The van der Waals surface area contributed by atoms with Gasteiger partial charge in [-0.3, -0.25) is 0 Å². The number of halogens is 1. The van der Waals surface area contributed by atoms with Gasteiger partial charge in [0.1, 0.15) is 5.82 Å². The Morgan fingerprint density at radius 2 is 2.25 bits per heavy atom. The molecule has 1 aliphatic rings. The van der Waals surface area contributed by atoms with Crippen LogP contribution in [0.25, 0.3) is 0 Å². The molecule has 0 spiro atoms. The molecular weight excluding hydrogens is 299 g/mol. The van der Waals surface area contributed by atoms with E-state index in [4.69, 9.17) is 0 Å². The lowest BCUT2D eigenvalue weighted by atomic mass is 10.2. The van der Waals surface area contributed by atoms with E-state index in [1.54, 1.807) is 18.8 Å². The highest BCUT2D eigenvalue weighted by atomic mass is 32.2. The van der Waals surface area contributed by atoms with Crippen LogP contribution in [0.5, 0.6) is 0 Å². The third-order valence-corrected chi connectivity index (χ3v) is 6.57. The summed E-state index contributed by atoms with van der Waals surface area (Å²) < 4.78 is 40.5. The molecule has 1 aromatic rings.